The van der Waals surface area contributed by atoms with E-state index in [4.69, 9.17) is 4.42 Å². The highest BCUT2D eigenvalue weighted by Crippen LogP contribution is 2.29. The minimum Gasteiger partial charge on any atom is -0.465 e. The van der Waals surface area contributed by atoms with Crippen LogP contribution in [0.3, 0.4) is 0 Å². The van der Waals surface area contributed by atoms with Gasteiger partial charge in [0.05, 0.1) is 25.4 Å². The number of methoxy groups -OCH3 is 1. The van der Waals surface area contributed by atoms with Crippen molar-refractivity contribution >= 4 is 28.5 Å². The first-order valence-corrected chi connectivity index (χ1v) is 8.77. The van der Waals surface area contributed by atoms with Crippen LogP contribution < -0.4 is 5.32 Å². The monoisotopic (exact) mass is 365 g/mol. The molecule has 0 aliphatic heterocycles. The summed E-state index contributed by atoms with van der Waals surface area (Å²) < 4.78 is 10.3. The molecule has 0 aliphatic carbocycles. The van der Waals surface area contributed by atoms with E-state index in [1.807, 2.05) is 6.07 Å². The van der Waals surface area contributed by atoms with Gasteiger partial charge in [-0.2, -0.15) is 0 Å². The average Bonchev–Trinajstić information content (AvgIpc) is 3.03. The molecule has 27 heavy (non-hydrogen) atoms. The van der Waals surface area contributed by atoms with Crippen molar-refractivity contribution in [2.45, 2.75) is 32.6 Å². The zero-order valence-corrected chi connectivity index (χ0v) is 16.0. The van der Waals surface area contributed by atoms with Gasteiger partial charge in [0.15, 0.2) is 0 Å². The number of carbonyl (C=O) groups is 2. The number of fused-ring (bicyclic) bond motifs is 1. The lowest BCUT2D eigenvalue weighted by molar-refractivity contribution is -0.115. The molecule has 3 rings (SSSR count). The SMILES string of the molecule is COC(=O)c1ccc(NC(=O)Cc2coc3ccc(C(C)(C)C)cc23)cc1. The highest BCUT2D eigenvalue weighted by atomic mass is 16.5. The third-order valence-corrected chi connectivity index (χ3v) is 4.46. The maximum absolute atomic E-state index is 12.4. The number of hydrogen-bond acceptors (Lipinski definition) is 4. The Hall–Kier alpha value is -3.08. The van der Waals surface area contributed by atoms with Gasteiger partial charge in [-0.05, 0) is 47.4 Å². The number of anilines is 1. The van der Waals surface area contributed by atoms with E-state index in [-0.39, 0.29) is 17.7 Å². The molecule has 0 fully saturated rings. The molecule has 0 unspecified atom stereocenters. The van der Waals surface area contributed by atoms with Gasteiger partial charge in [0.25, 0.3) is 0 Å². The Morgan fingerprint density at radius 2 is 1.78 bits per heavy atom. The maximum atomic E-state index is 12.4. The first-order valence-electron chi connectivity index (χ1n) is 8.77. The maximum Gasteiger partial charge on any atom is 0.337 e. The second-order valence-electron chi connectivity index (χ2n) is 7.52. The summed E-state index contributed by atoms with van der Waals surface area (Å²) in [6.07, 6.45) is 1.84. The van der Waals surface area contributed by atoms with Crippen LogP contribution in [-0.2, 0) is 21.4 Å². The minimum absolute atomic E-state index is 0.0202. The molecule has 0 saturated carbocycles. The van der Waals surface area contributed by atoms with Crippen LogP contribution in [0, 0.1) is 0 Å². The first kappa shape index (κ1) is 18.7. The number of esters is 1. The Kier molecular flexibility index (Phi) is 5.04. The van der Waals surface area contributed by atoms with Gasteiger partial charge in [-0.25, -0.2) is 4.79 Å². The number of benzene rings is 2. The largest absolute Gasteiger partial charge is 0.465 e. The van der Waals surface area contributed by atoms with Gasteiger partial charge in [0, 0.05) is 16.6 Å². The van der Waals surface area contributed by atoms with E-state index in [2.05, 4.69) is 43.0 Å². The lowest BCUT2D eigenvalue weighted by Crippen LogP contribution is -2.14. The van der Waals surface area contributed by atoms with Gasteiger partial charge >= 0.3 is 5.97 Å². The van der Waals surface area contributed by atoms with E-state index in [0.717, 1.165) is 16.5 Å². The molecule has 3 aromatic rings. The number of rotatable bonds is 4. The summed E-state index contributed by atoms with van der Waals surface area (Å²) in [4.78, 5) is 23.9. The fourth-order valence-corrected chi connectivity index (χ4v) is 2.87. The topological polar surface area (TPSA) is 68.5 Å². The van der Waals surface area contributed by atoms with Crippen molar-refractivity contribution in [2.24, 2.45) is 0 Å². The van der Waals surface area contributed by atoms with Crippen LogP contribution in [0.1, 0.15) is 42.3 Å². The van der Waals surface area contributed by atoms with Crippen LogP contribution in [0.5, 0.6) is 0 Å². The molecule has 1 aromatic heterocycles. The van der Waals surface area contributed by atoms with E-state index >= 15 is 0 Å². The Labute approximate surface area is 158 Å². The summed E-state index contributed by atoms with van der Waals surface area (Å²) >= 11 is 0. The number of carbonyl (C=O) groups excluding carboxylic acids is 2. The number of nitrogens with one attached hydrogen (secondary N) is 1. The molecule has 5 nitrogen and oxygen atoms in total. The van der Waals surface area contributed by atoms with Gasteiger partial charge < -0.3 is 14.5 Å². The zero-order valence-electron chi connectivity index (χ0n) is 16.0. The molecule has 5 heteroatoms. The van der Waals surface area contributed by atoms with E-state index in [9.17, 15) is 9.59 Å². The van der Waals surface area contributed by atoms with Crippen LogP contribution in [-0.4, -0.2) is 19.0 Å². The summed E-state index contributed by atoms with van der Waals surface area (Å²) in [5.74, 6) is -0.558. The van der Waals surface area contributed by atoms with Crippen LogP contribution in [0.25, 0.3) is 11.0 Å². The lowest BCUT2D eigenvalue weighted by Gasteiger charge is -2.18. The predicted octanol–water partition coefficient (Wildman–Crippen LogP) is 4.70. The van der Waals surface area contributed by atoms with Crippen molar-refractivity contribution in [1.82, 2.24) is 0 Å². The molecule has 2 aromatic carbocycles. The first-order chi connectivity index (χ1) is 12.8. The van der Waals surface area contributed by atoms with Crippen molar-refractivity contribution < 1.29 is 18.7 Å². The zero-order chi connectivity index (χ0) is 19.6. The van der Waals surface area contributed by atoms with Gasteiger partial charge in [0.2, 0.25) is 5.91 Å². The second kappa shape index (κ2) is 7.27. The third-order valence-electron chi connectivity index (χ3n) is 4.46. The molecule has 140 valence electrons. The number of hydrogen-bond donors (Lipinski definition) is 1. The molecule has 0 radical (unpaired) electrons. The van der Waals surface area contributed by atoms with E-state index < -0.39 is 5.97 Å². The van der Waals surface area contributed by atoms with Gasteiger partial charge in [0.1, 0.15) is 5.58 Å². The smallest absolute Gasteiger partial charge is 0.337 e. The Balaban J connectivity index is 1.75. The Bertz CT molecular complexity index is 978. The number of amides is 1. The van der Waals surface area contributed by atoms with E-state index in [0.29, 0.717) is 11.3 Å². The highest BCUT2D eigenvalue weighted by Gasteiger charge is 2.17. The predicted molar refractivity (Wildman–Crippen MR) is 105 cm³/mol. The molecule has 0 atom stereocenters. The van der Waals surface area contributed by atoms with Gasteiger partial charge in [-0.15, -0.1) is 0 Å². The Morgan fingerprint density at radius 3 is 2.41 bits per heavy atom. The number of furan rings is 1. The van der Waals surface area contributed by atoms with Crippen molar-refractivity contribution in [1.29, 1.82) is 0 Å². The Morgan fingerprint density at radius 1 is 1.07 bits per heavy atom. The van der Waals surface area contributed by atoms with Crippen molar-refractivity contribution in [2.75, 3.05) is 12.4 Å². The molecule has 1 amide bonds. The minimum atomic E-state index is -0.410. The fourth-order valence-electron chi connectivity index (χ4n) is 2.87. The summed E-state index contributed by atoms with van der Waals surface area (Å²) in [5.41, 5.74) is 3.89. The summed E-state index contributed by atoms with van der Waals surface area (Å²) in [6.45, 7) is 6.45. The molecule has 0 saturated heterocycles. The van der Waals surface area contributed by atoms with Crippen molar-refractivity contribution in [3.05, 3.63) is 65.4 Å². The van der Waals surface area contributed by atoms with E-state index in [1.165, 1.54) is 12.7 Å². The lowest BCUT2D eigenvalue weighted by atomic mass is 9.86. The number of ether oxygens (including phenoxy) is 1. The highest BCUT2D eigenvalue weighted by molar-refractivity contribution is 5.96. The van der Waals surface area contributed by atoms with Crippen LogP contribution >= 0.6 is 0 Å². The van der Waals surface area contributed by atoms with Crippen LogP contribution in [0.4, 0.5) is 5.69 Å². The molecule has 1 heterocycles. The molecule has 0 aliphatic rings. The van der Waals surface area contributed by atoms with Gasteiger partial charge in [-0.3, -0.25) is 4.79 Å². The molecular formula is C22H23NO4. The summed E-state index contributed by atoms with van der Waals surface area (Å²) in [6, 6.07) is 12.7. The second-order valence-corrected chi connectivity index (χ2v) is 7.52. The van der Waals surface area contributed by atoms with Crippen LogP contribution in [0.2, 0.25) is 0 Å². The fraction of sp³-hybridized carbons (Fsp3) is 0.273. The molecule has 1 N–H and O–H groups in total. The van der Waals surface area contributed by atoms with Crippen molar-refractivity contribution in [3.8, 4) is 0 Å². The standard InChI is InChI=1S/C22H23NO4/c1-22(2,3)16-7-10-19-18(12-16)15(13-27-19)11-20(24)23-17-8-5-14(6-9-17)21(25)26-4/h5-10,12-13H,11H2,1-4H3,(H,23,24). The molecule has 0 spiro atoms. The quantitative estimate of drug-likeness (QED) is 0.681. The third kappa shape index (κ3) is 4.19. The summed E-state index contributed by atoms with van der Waals surface area (Å²) in [5, 5.41) is 3.80. The summed E-state index contributed by atoms with van der Waals surface area (Å²) in [7, 11) is 1.33. The van der Waals surface area contributed by atoms with Crippen LogP contribution in [0.15, 0.2) is 53.1 Å². The van der Waals surface area contributed by atoms with Gasteiger partial charge in [-0.1, -0.05) is 26.8 Å². The molecular weight excluding hydrogens is 342 g/mol. The van der Waals surface area contributed by atoms with E-state index in [1.54, 1.807) is 30.5 Å². The normalized spacial score (nSPS) is 11.4. The molecule has 0 bridgehead atoms. The average molecular weight is 365 g/mol. The van der Waals surface area contributed by atoms with Crippen molar-refractivity contribution in [3.63, 3.8) is 0 Å².